The zero-order valence-electron chi connectivity index (χ0n) is 18.3. The Labute approximate surface area is 195 Å². The Hall–Kier alpha value is -2.04. The molecule has 2 aromatic heterocycles. The third-order valence-corrected chi connectivity index (χ3v) is 7.09. The lowest BCUT2D eigenvalue weighted by Crippen LogP contribution is -2.09. The molecule has 174 valence electrons. The van der Waals surface area contributed by atoms with Gasteiger partial charge >= 0.3 is 13.6 Å². The van der Waals surface area contributed by atoms with Crippen LogP contribution in [0, 0.1) is 0 Å². The van der Waals surface area contributed by atoms with Crippen molar-refractivity contribution < 1.29 is 23.1 Å². The van der Waals surface area contributed by atoms with Gasteiger partial charge in [0.1, 0.15) is 6.61 Å². The van der Waals surface area contributed by atoms with Crippen LogP contribution in [0.1, 0.15) is 25.0 Å². The number of hydrogen-bond donors (Lipinski definition) is 1. The van der Waals surface area contributed by atoms with Gasteiger partial charge in [-0.2, -0.15) is 9.97 Å². The van der Waals surface area contributed by atoms with Gasteiger partial charge in [0.15, 0.2) is 21.7 Å². The van der Waals surface area contributed by atoms with E-state index in [0.29, 0.717) is 48.9 Å². The summed E-state index contributed by atoms with van der Waals surface area (Å²) >= 11 is 3.48. The number of methoxy groups -OCH3 is 1. The van der Waals surface area contributed by atoms with Crippen LogP contribution in [0.15, 0.2) is 29.0 Å². The summed E-state index contributed by atoms with van der Waals surface area (Å²) in [6, 6.07) is 7.89. The first-order valence-electron chi connectivity index (χ1n) is 10.2. The summed E-state index contributed by atoms with van der Waals surface area (Å²) in [4.78, 5) is 13.1. The van der Waals surface area contributed by atoms with E-state index in [1.165, 1.54) is 0 Å². The highest BCUT2D eigenvalue weighted by atomic mass is 79.9. The van der Waals surface area contributed by atoms with Crippen LogP contribution in [0.3, 0.4) is 0 Å². The van der Waals surface area contributed by atoms with E-state index in [1.54, 1.807) is 21.0 Å². The number of anilines is 1. The van der Waals surface area contributed by atoms with Gasteiger partial charge in [0.25, 0.3) is 0 Å². The van der Waals surface area contributed by atoms with Crippen LogP contribution in [0.5, 0.6) is 6.01 Å². The number of imidazole rings is 1. The van der Waals surface area contributed by atoms with Crippen molar-refractivity contribution in [2.45, 2.75) is 26.6 Å². The molecule has 0 aliphatic heterocycles. The Kier molecular flexibility index (Phi) is 8.61. The van der Waals surface area contributed by atoms with Crippen molar-refractivity contribution in [3.8, 4) is 6.01 Å². The molecular formula is C20H27BrN5O5P. The van der Waals surface area contributed by atoms with Gasteiger partial charge in [-0.05, 0) is 40.9 Å². The lowest BCUT2D eigenvalue weighted by Gasteiger charge is -2.17. The molecule has 2 heterocycles. The van der Waals surface area contributed by atoms with Gasteiger partial charge in [0.2, 0.25) is 0 Å². The zero-order chi connectivity index (χ0) is 23.1. The average molecular weight is 528 g/mol. The number of benzene rings is 1. The van der Waals surface area contributed by atoms with E-state index in [2.05, 4.69) is 30.9 Å². The number of nitrogen functional groups attached to an aromatic ring is 1. The maximum atomic E-state index is 12.9. The van der Waals surface area contributed by atoms with Crippen molar-refractivity contribution in [2.75, 3.05) is 39.3 Å². The highest BCUT2D eigenvalue weighted by Gasteiger charge is 2.24. The summed E-state index contributed by atoms with van der Waals surface area (Å²) in [5.74, 6) is 0.227. The number of nitrogens with zero attached hydrogens (tertiary/aromatic N) is 4. The molecule has 12 heteroatoms. The predicted molar refractivity (Wildman–Crippen MR) is 125 cm³/mol. The van der Waals surface area contributed by atoms with Crippen LogP contribution in [0.2, 0.25) is 0 Å². The summed E-state index contributed by atoms with van der Waals surface area (Å²) in [7, 11) is -1.61. The highest BCUT2D eigenvalue weighted by molar-refractivity contribution is 9.10. The lowest BCUT2D eigenvalue weighted by molar-refractivity contribution is 0.141. The number of hydrogen-bond acceptors (Lipinski definition) is 9. The fourth-order valence-corrected chi connectivity index (χ4v) is 5.31. The molecule has 0 saturated heterocycles. The van der Waals surface area contributed by atoms with Crippen molar-refractivity contribution in [1.82, 2.24) is 19.5 Å². The largest absolute Gasteiger partial charge is 0.461 e. The van der Waals surface area contributed by atoms with Crippen LogP contribution < -0.4 is 10.5 Å². The first-order valence-corrected chi connectivity index (χ1v) is 12.7. The van der Waals surface area contributed by atoms with Crippen LogP contribution in [0.25, 0.3) is 11.2 Å². The number of aromatic nitrogens is 4. The molecule has 0 saturated carbocycles. The molecule has 3 aromatic rings. The molecule has 3 rings (SSSR count). The molecule has 32 heavy (non-hydrogen) atoms. The minimum Gasteiger partial charge on any atom is -0.461 e. The quantitative estimate of drug-likeness (QED) is 0.211. The van der Waals surface area contributed by atoms with Crippen LogP contribution in [-0.4, -0.2) is 53.1 Å². The van der Waals surface area contributed by atoms with Crippen molar-refractivity contribution in [3.05, 3.63) is 40.1 Å². The molecule has 0 aliphatic carbocycles. The number of fused-ring (bicyclic) bond motifs is 1. The molecule has 10 nitrogen and oxygen atoms in total. The van der Waals surface area contributed by atoms with E-state index in [1.807, 2.05) is 28.8 Å². The topological polar surface area (TPSA) is 124 Å². The van der Waals surface area contributed by atoms with Gasteiger partial charge in [-0.15, -0.1) is 0 Å². The maximum absolute atomic E-state index is 12.9. The summed E-state index contributed by atoms with van der Waals surface area (Å²) in [5, 5.41) is 0. The first-order chi connectivity index (χ1) is 15.4. The molecule has 0 radical (unpaired) electrons. The second kappa shape index (κ2) is 11.2. The summed E-state index contributed by atoms with van der Waals surface area (Å²) in [6.07, 6.45) is 0.195. The Balaban J connectivity index is 1.88. The molecule has 1 aromatic carbocycles. The third kappa shape index (κ3) is 6.05. The maximum Gasteiger partial charge on any atom is 0.335 e. The minimum absolute atomic E-state index is 0.156. The van der Waals surface area contributed by atoms with E-state index >= 15 is 0 Å². The van der Waals surface area contributed by atoms with Crippen molar-refractivity contribution >= 4 is 40.5 Å². The van der Waals surface area contributed by atoms with Crippen molar-refractivity contribution in [1.29, 1.82) is 0 Å². The average Bonchev–Trinajstić information content (AvgIpc) is 3.05. The standard InChI is InChI=1S/C20H27BrN5O5P/c1-4-30-32(27,31-5-2)13-15-8-6-7-14(11-15)12-26-18-16(23-19(26)21)17(22)24-20(25-18)29-10-9-28-3/h6-8,11H,4-5,9-10,12-13H2,1-3H3,(H2,22,24,25). The fraction of sp³-hybridized carbons (Fsp3) is 0.450. The predicted octanol–water partition coefficient (Wildman–Crippen LogP) is 4.01. The summed E-state index contributed by atoms with van der Waals surface area (Å²) < 4.78 is 36.7. The Bertz CT molecular complexity index is 1100. The van der Waals surface area contributed by atoms with E-state index in [-0.39, 0.29) is 18.0 Å². The monoisotopic (exact) mass is 527 g/mol. The van der Waals surface area contributed by atoms with E-state index in [0.717, 1.165) is 11.1 Å². The molecule has 0 atom stereocenters. The van der Waals surface area contributed by atoms with Gasteiger partial charge < -0.3 is 24.3 Å². The van der Waals surface area contributed by atoms with Gasteiger partial charge in [-0.25, -0.2) is 4.98 Å². The lowest BCUT2D eigenvalue weighted by atomic mass is 10.1. The molecular weight excluding hydrogens is 501 g/mol. The Morgan fingerprint density at radius 3 is 2.50 bits per heavy atom. The molecule has 2 N–H and O–H groups in total. The van der Waals surface area contributed by atoms with Crippen LogP contribution >= 0.6 is 23.5 Å². The third-order valence-electron chi connectivity index (χ3n) is 4.43. The smallest absolute Gasteiger partial charge is 0.335 e. The molecule has 0 bridgehead atoms. The fourth-order valence-electron chi connectivity index (χ4n) is 3.15. The van der Waals surface area contributed by atoms with Crippen LogP contribution in [0.4, 0.5) is 5.82 Å². The van der Waals surface area contributed by atoms with E-state index in [9.17, 15) is 4.57 Å². The minimum atomic E-state index is -3.20. The highest BCUT2D eigenvalue weighted by Crippen LogP contribution is 2.51. The van der Waals surface area contributed by atoms with Gasteiger partial charge in [0, 0.05) is 7.11 Å². The SMILES string of the molecule is CCOP(=O)(Cc1cccc(Cn2c(Br)nc3c(N)nc(OCCOC)nc32)c1)OCC. The second-order valence-electron chi connectivity index (χ2n) is 6.80. The van der Waals surface area contributed by atoms with Gasteiger partial charge in [-0.1, -0.05) is 24.3 Å². The molecule has 0 unspecified atom stereocenters. The van der Waals surface area contributed by atoms with Crippen molar-refractivity contribution in [3.63, 3.8) is 0 Å². The zero-order valence-corrected chi connectivity index (χ0v) is 20.8. The summed E-state index contributed by atoms with van der Waals surface area (Å²) in [6.45, 7) is 5.40. The van der Waals surface area contributed by atoms with E-state index < -0.39 is 7.60 Å². The number of halogens is 1. The summed E-state index contributed by atoms with van der Waals surface area (Å²) in [5.41, 5.74) is 8.90. The molecule has 0 amide bonds. The second-order valence-corrected chi connectivity index (χ2v) is 9.56. The van der Waals surface area contributed by atoms with Gasteiger partial charge in [0.05, 0.1) is 32.5 Å². The first kappa shape index (κ1) is 24.6. The molecule has 0 aliphatic rings. The van der Waals surface area contributed by atoms with Crippen LogP contribution in [-0.2, 0) is 31.1 Å². The van der Waals surface area contributed by atoms with Crippen molar-refractivity contribution in [2.24, 2.45) is 0 Å². The normalized spacial score (nSPS) is 11.9. The van der Waals surface area contributed by atoms with Gasteiger partial charge in [-0.3, -0.25) is 9.13 Å². The molecule has 0 spiro atoms. The molecule has 0 fully saturated rings. The Morgan fingerprint density at radius 1 is 1.09 bits per heavy atom. The van der Waals surface area contributed by atoms with E-state index in [4.69, 9.17) is 24.3 Å². The number of ether oxygens (including phenoxy) is 2. The Morgan fingerprint density at radius 2 is 1.81 bits per heavy atom. The number of nitrogens with two attached hydrogens (primary N) is 1. The number of rotatable bonds is 12.